The van der Waals surface area contributed by atoms with E-state index in [1.54, 1.807) is 0 Å². The number of allylic oxidation sites excluding steroid dienone is 2. The molecule has 0 rings (SSSR count). The van der Waals surface area contributed by atoms with Gasteiger partial charge in [0, 0.05) is 0 Å². The maximum absolute atomic E-state index is 2.33. The van der Waals surface area contributed by atoms with Crippen molar-refractivity contribution in [1.82, 2.24) is 0 Å². The van der Waals surface area contributed by atoms with Crippen LogP contribution < -0.4 is 0 Å². The summed E-state index contributed by atoms with van der Waals surface area (Å²) in [7, 11) is 0. The molecule has 0 N–H and O–H groups in total. The predicted octanol–water partition coefficient (Wildman–Crippen LogP) is 3.37. The minimum Gasteiger partial charge on any atom is -0.0701 e. The highest BCUT2D eigenvalue weighted by Crippen LogP contribution is 2.19. The first-order valence-corrected chi connectivity index (χ1v) is 3.85. The average molecular weight is 224 g/mol. The average Bonchev–Trinajstić information content (AvgIpc) is 1.21. The van der Waals surface area contributed by atoms with E-state index >= 15 is 0 Å². The highest BCUT2D eigenvalue weighted by atomic mass is 127. The zero-order valence-corrected chi connectivity index (χ0v) is 8.11. The molecule has 0 atom stereocenters. The van der Waals surface area contributed by atoms with Crippen molar-refractivity contribution >= 4 is 22.6 Å². The maximum Gasteiger partial charge on any atom is -0.0160 e. The Kier molecular flexibility index (Phi) is 3.02. The molecule has 48 valence electrons. The monoisotopic (exact) mass is 224 g/mol. The van der Waals surface area contributed by atoms with Gasteiger partial charge in [-0.05, 0) is 38.5 Å². The Hall–Kier alpha value is 0.470. The summed E-state index contributed by atoms with van der Waals surface area (Å²) in [4.78, 5) is 0. The van der Waals surface area contributed by atoms with E-state index in [4.69, 9.17) is 0 Å². The van der Waals surface area contributed by atoms with Crippen LogP contribution >= 0.6 is 22.6 Å². The first-order valence-electron chi connectivity index (χ1n) is 2.77. The molecule has 0 heterocycles. The zero-order chi connectivity index (χ0) is 6.78. The topological polar surface area (TPSA) is 0 Å². The van der Waals surface area contributed by atoms with E-state index in [1.807, 2.05) is 0 Å². The molecule has 0 unspecified atom stereocenters. The molecule has 0 spiro atoms. The molecule has 8 heavy (non-hydrogen) atoms. The molecule has 0 saturated heterocycles. The Bertz CT molecular complexity index is 91.4. The highest BCUT2D eigenvalue weighted by molar-refractivity contribution is 14.1. The molecule has 0 aromatic carbocycles. The van der Waals surface area contributed by atoms with E-state index in [9.17, 15) is 0 Å². The fourth-order valence-electron chi connectivity index (χ4n) is 0.597. The van der Waals surface area contributed by atoms with Crippen LogP contribution in [-0.2, 0) is 0 Å². The van der Waals surface area contributed by atoms with Gasteiger partial charge in [-0.3, -0.25) is 0 Å². The molecule has 0 aliphatic heterocycles. The second-order valence-corrected chi connectivity index (χ2v) is 4.80. The third-order valence-electron chi connectivity index (χ3n) is 0.632. The van der Waals surface area contributed by atoms with Crippen LogP contribution in [0.3, 0.4) is 0 Å². The van der Waals surface area contributed by atoms with Gasteiger partial charge in [0.2, 0.25) is 0 Å². The van der Waals surface area contributed by atoms with Crippen molar-refractivity contribution in [1.29, 1.82) is 0 Å². The molecule has 1 heteroatoms. The van der Waals surface area contributed by atoms with Crippen LogP contribution in [0.5, 0.6) is 0 Å². The number of halogens is 1. The summed E-state index contributed by atoms with van der Waals surface area (Å²) < 4.78 is 1.37. The molecule has 0 aromatic rings. The fourth-order valence-corrected chi connectivity index (χ4v) is 1.53. The van der Waals surface area contributed by atoms with Gasteiger partial charge in [0.05, 0.1) is 0 Å². The lowest BCUT2D eigenvalue weighted by atomic mass is 9.97. The van der Waals surface area contributed by atoms with E-state index in [1.165, 1.54) is 3.58 Å². The molecule has 0 aliphatic carbocycles. The van der Waals surface area contributed by atoms with Crippen molar-refractivity contribution in [2.75, 3.05) is 0 Å². The van der Waals surface area contributed by atoms with Crippen LogP contribution in [0.1, 0.15) is 27.7 Å². The van der Waals surface area contributed by atoms with Gasteiger partial charge in [0.15, 0.2) is 0 Å². The summed E-state index contributed by atoms with van der Waals surface area (Å²) >= 11 is 2.33. The molecule has 0 nitrogen and oxygen atoms in total. The summed E-state index contributed by atoms with van der Waals surface area (Å²) in [6, 6.07) is 0. The van der Waals surface area contributed by atoms with E-state index < -0.39 is 0 Å². The van der Waals surface area contributed by atoms with Crippen molar-refractivity contribution in [2.24, 2.45) is 5.41 Å². The number of rotatable bonds is 0. The minimum absolute atomic E-state index is 0.352. The standard InChI is InChI=1S/C7H13I/c1-6(8)5-7(2,3)4/h5H,1-4H3/b6-5+. The number of hydrogen-bond donors (Lipinski definition) is 0. The summed E-state index contributed by atoms with van der Waals surface area (Å²) in [5.41, 5.74) is 0.352. The van der Waals surface area contributed by atoms with Gasteiger partial charge in [-0.1, -0.05) is 26.8 Å². The van der Waals surface area contributed by atoms with Gasteiger partial charge < -0.3 is 0 Å². The van der Waals surface area contributed by atoms with E-state index in [0.29, 0.717) is 5.41 Å². The zero-order valence-electron chi connectivity index (χ0n) is 5.96. The Balaban J connectivity index is 3.89. The van der Waals surface area contributed by atoms with Crippen molar-refractivity contribution in [3.63, 3.8) is 0 Å². The molecule has 0 radical (unpaired) electrons. The summed E-state index contributed by atoms with van der Waals surface area (Å²) in [5, 5.41) is 0. The van der Waals surface area contributed by atoms with Gasteiger partial charge in [-0.15, -0.1) is 0 Å². The molecular formula is C7H13I. The Morgan fingerprint density at radius 2 is 1.75 bits per heavy atom. The van der Waals surface area contributed by atoms with Crippen molar-refractivity contribution < 1.29 is 0 Å². The second-order valence-electron chi connectivity index (χ2n) is 3.10. The lowest BCUT2D eigenvalue weighted by Crippen LogP contribution is -1.98. The Morgan fingerprint density at radius 1 is 1.38 bits per heavy atom. The van der Waals surface area contributed by atoms with E-state index in [0.717, 1.165) is 0 Å². The normalized spacial score (nSPS) is 14.4. The van der Waals surface area contributed by atoms with Gasteiger partial charge >= 0.3 is 0 Å². The minimum atomic E-state index is 0.352. The van der Waals surface area contributed by atoms with Crippen LogP contribution in [0.4, 0.5) is 0 Å². The van der Waals surface area contributed by atoms with Gasteiger partial charge in [0.1, 0.15) is 0 Å². The highest BCUT2D eigenvalue weighted by Gasteiger charge is 2.03. The van der Waals surface area contributed by atoms with Crippen LogP contribution in [0, 0.1) is 5.41 Å². The Morgan fingerprint density at radius 3 is 1.75 bits per heavy atom. The SMILES string of the molecule is C/C(I)=C\C(C)(C)C. The molecule has 0 bridgehead atoms. The van der Waals surface area contributed by atoms with Gasteiger partial charge in [-0.25, -0.2) is 0 Å². The van der Waals surface area contributed by atoms with E-state index in [2.05, 4.69) is 56.4 Å². The Labute approximate surface area is 65.5 Å². The molecular weight excluding hydrogens is 211 g/mol. The summed E-state index contributed by atoms with van der Waals surface area (Å²) in [6.45, 7) is 8.73. The summed E-state index contributed by atoms with van der Waals surface area (Å²) in [5.74, 6) is 0. The first-order chi connectivity index (χ1) is 3.42. The quantitative estimate of drug-likeness (QED) is 0.553. The lowest BCUT2D eigenvalue weighted by molar-refractivity contribution is 0.543. The van der Waals surface area contributed by atoms with Gasteiger partial charge in [0.25, 0.3) is 0 Å². The van der Waals surface area contributed by atoms with Crippen LogP contribution in [0.15, 0.2) is 9.66 Å². The lowest BCUT2D eigenvalue weighted by Gasteiger charge is -2.11. The van der Waals surface area contributed by atoms with Crippen molar-refractivity contribution in [3.05, 3.63) is 9.66 Å². The smallest absolute Gasteiger partial charge is 0.0160 e. The third-order valence-corrected chi connectivity index (χ3v) is 0.943. The molecule has 0 aliphatic rings. The first kappa shape index (κ1) is 8.47. The fraction of sp³-hybridized carbons (Fsp3) is 0.714. The number of hydrogen-bond acceptors (Lipinski definition) is 0. The maximum atomic E-state index is 2.33. The van der Waals surface area contributed by atoms with Crippen LogP contribution in [0.2, 0.25) is 0 Å². The van der Waals surface area contributed by atoms with E-state index in [-0.39, 0.29) is 0 Å². The van der Waals surface area contributed by atoms with Gasteiger partial charge in [-0.2, -0.15) is 0 Å². The molecule has 0 saturated carbocycles. The molecule has 0 aromatic heterocycles. The van der Waals surface area contributed by atoms with Crippen LogP contribution in [0.25, 0.3) is 0 Å². The summed E-state index contributed by atoms with van der Waals surface area (Å²) in [6.07, 6.45) is 2.26. The second kappa shape index (κ2) is 2.85. The molecule has 0 amide bonds. The third kappa shape index (κ3) is 6.47. The van der Waals surface area contributed by atoms with Crippen LogP contribution in [-0.4, -0.2) is 0 Å². The largest absolute Gasteiger partial charge is 0.0701 e. The predicted molar refractivity (Wildman–Crippen MR) is 47.2 cm³/mol. The molecule has 0 fully saturated rings. The van der Waals surface area contributed by atoms with Crippen molar-refractivity contribution in [2.45, 2.75) is 27.7 Å². The van der Waals surface area contributed by atoms with Crippen molar-refractivity contribution in [3.8, 4) is 0 Å².